The summed E-state index contributed by atoms with van der Waals surface area (Å²) in [7, 11) is 0. The molecule has 0 aromatic carbocycles. The van der Waals surface area contributed by atoms with E-state index in [9.17, 15) is 9.59 Å². The fraction of sp³-hybridized carbons (Fsp3) is 0.600. The lowest BCUT2D eigenvalue weighted by atomic mass is 9.85. The Morgan fingerprint density at radius 1 is 1.33 bits per heavy atom. The Morgan fingerprint density at radius 2 is 1.89 bits per heavy atom. The van der Waals surface area contributed by atoms with Crippen molar-refractivity contribution < 1.29 is 9.59 Å². The standard InChI is InChI=1S/C15H17NO2/c1-3-5-11(4-2)16-14(17)12-9-6-7-10(8-9)13(12)15(16)18/h1,6-7,9-13H,4-5,8H2,2H3. The lowest BCUT2D eigenvalue weighted by molar-refractivity contribution is -0.143. The second kappa shape index (κ2) is 3.98. The van der Waals surface area contributed by atoms with Crippen molar-refractivity contribution in [3.8, 4) is 12.3 Å². The molecule has 2 fully saturated rings. The smallest absolute Gasteiger partial charge is 0.234 e. The van der Waals surface area contributed by atoms with Gasteiger partial charge in [-0.25, -0.2) is 0 Å². The number of imide groups is 1. The number of fused-ring (bicyclic) bond motifs is 5. The highest BCUT2D eigenvalue weighted by molar-refractivity contribution is 6.06. The van der Waals surface area contributed by atoms with E-state index >= 15 is 0 Å². The van der Waals surface area contributed by atoms with Crippen molar-refractivity contribution in [3.63, 3.8) is 0 Å². The Hall–Kier alpha value is -1.56. The van der Waals surface area contributed by atoms with Gasteiger partial charge in [-0.05, 0) is 24.7 Å². The molecule has 94 valence electrons. The zero-order chi connectivity index (χ0) is 12.9. The van der Waals surface area contributed by atoms with Gasteiger partial charge in [-0.2, -0.15) is 0 Å². The molecule has 2 bridgehead atoms. The van der Waals surface area contributed by atoms with E-state index in [2.05, 4.69) is 18.1 Å². The van der Waals surface area contributed by atoms with Gasteiger partial charge >= 0.3 is 0 Å². The lowest BCUT2D eigenvalue weighted by Gasteiger charge is -2.25. The minimum absolute atomic E-state index is 0.0175. The van der Waals surface area contributed by atoms with Crippen LogP contribution in [0.5, 0.6) is 0 Å². The third-order valence-electron chi connectivity index (χ3n) is 4.69. The van der Waals surface area contributed by atoms with Crippen molar-refractivity contribution in [3.05, 3.63) is 12.2 Å². The zero-order valence-corrected chi connectivity index (χ0v) is 10.5. The van der Waals surface area contributed by atoms with Gasteiger partial charge in [0.15, 0.2) is 0 Å². The summed E-state index contributed by atoms with van der Waals surface area (Å²) in [5.41, 5.74) is 0. The average Bonchev–Trinajstić information content (AvgIpc) is 3.02. The Bertz CT molecular complexity index is 443. The molecule has 3 aliphatic rings. The highest BCUT2D eigenvalue weighted by Crippen LogP contribution is 2.53. The van der Waals surface area contributed by atoms with Crippen LogP contribution >= 0.6 is 0 Å². The second-order valence-electron chi connectivity index (χ2n) is 5.52. The van der Waals surface area contributed by atoms with E-state index in [0.717, 1.165) is 12.8 Å². The van der Waals surface area contributed by atoms with Crippen LogP contribution in [0.15, 0.2) is 12.2 Å². The molecule has 5 unspecified atom stereocenters. The third kappa shape index (κ3) is 1.32. The first-order valence-corrected chi connectivity index (χ1v) is 6.67. The Morgan fingerprint density at radius 3 is 2.33 bits per heavy atom. The number of allylic oxidation sites excluding steroid dienone is 2. The van der Waals surface area contributed by atoms with E-state index in [-0.39, 0.29) is 41.5 Å². The van der Waals surface area contributed by atoms with Crippen molar-refractivity contribution in [2.75, 3.05) is 0 Å². The monoisotopic (exact) mass is 243 g/mol. The molecule has 5 atom stereocenters. The van der Waals surface area contributed by atoms with Crippen LogP contribution in [0, 0.1) is 36.0 Å². The quantitative estimate of drug-likeness (QED) is 0.429. The summed E-state index contributed by atoms with van der Waals surface area (Å²) in [5, 5.41) is 0. The molecule has 0 aromatic rings. The topological polar surface area (TPSA) is 37.4 Å². The van der Waals surface area contributed by atoms with Gasteiger partial charge in [0.1, 0.15) is 0 Å². The molecule has 1 aliphatic heterocycles. The van der Waals surface area contributed by atoms with Gasteiger partial charge in [0.25, 0.3) is 0 Å². The highest BCUT2D eigenvalue weighted by Gasteiger charge is 2.60. The molecule has 1 heterocycles. The van der Waals surface area contributed by atoms with E-state index in [4.69, 9.17) is 6.42 Å². The number of rotatable bonds is 3. The molecule has 3 heteroatoms. The Kier molecular flexibility index (Phi) is 2.55. The fourth-order valence-corrected chi connectivity index (χ4v) is 3.84. The van der Waals surface area contributed by atoms with Gasteiger partial charge in [0, 0.05) is 6.42 Å². The Balaban J connectivity index is 1.90. The number of hydrogen-bond donors (Lipinski definition) is 0. The summed E-state index contributed by atoms with van der Waals surface area (Å²) >= 11 is 0. The van der Waals surface area contributed by atoms with Crippen molar-refractivity contribution in [2.24, 2.45) is 23.7 Å². The maximum Gasteiger partial charge on any atom is 0.234 e. The molecular formula is C15H17NO2. The van der Waals surface area contributed by atoms with E-state index in [0.29, 0.717) is 6.42 Å². The molecule has 2 amide bonds. The number of carbonyl (C=O) groups excluding carboxylic acids is 2. The normalized spacial score (nSPS) is 38.1. The minimum Gasteiger partial charge on any atom is -0.278 e. The van der Waals surface area contributed by atoms with Crippen molar-refractivity contribution in [1.82, 2.24) is 4.90 Å². The largest absolute Gasteiger partial charge is 0.278 e. The molecule has 0 N–H and O–H groups in total. The lowest BCUT2D eigenvalue weighted by Crippen LogP contribution is -2.41. The summed E-state index contributed by atoms with van der Waals surface area (Å²) in [6.07, 6.45) is 11.7. The maximum absolute atomic E-state index is 12.5. The van der Waals surface area contributed by atoms with E-state index in [1.165, 1.54) is 4.90 Å². The second-order valence-corrected chi connectivity index (χ2v) is 5.52. The Labute approximate surface area is 107 Å². The van der Waals surface area contributed by atoms with E-state index < -0.39 is 0 Å². The summed E-state index contributed by atoms with van der Waals surface area (Å²) in [5.74, 6) is 2.98. The minimum atomic E-state index is -0.111. The number of likely N-dealkylation sites (tertiary alicyclic amines) is 1. The first-order chi connectivity index (χ1) is 8.69. The van der Waals surface area contributed by atoms with Crippen molar-refractivity contribution in [1.29, 1.82) is 0 Å². The predicted octanol–water partition coefficient (Wildman–Crippen LogP) is 1.60. The maximum atomic E-state index is 12.5. The van der Waals surface area contributed by atoms with Gasteiger partial charge in [0.2, 0.25) is 11.8 Å². The molecule has 1 saturated carbocycles. The van der Waals surface area contributed by atoms with Gasteiger partial charge < -0.3 is 0 Å². The first-order valence-electron chi connectivity index (χ1n) is 6.67. The number of nitrogens with zero attached hydrogens (tertiary/aromatic N) is 1. The van der Waals surface area contributed by atoms with E-state index in [1.807, 2.05) is 6.92 Å². The van der Waals surface area contributed by atoms with Crippen LogP contribution in [0.2, 0.25) is 0 Å². The van der Waals surface area contributed by atoms with Gasteiger partial charge in [-0.3, -0.25) is 14.5 Å². The van der Waals surface area contributed by atoms with Crippen LogP contribution in [-0.4, -0.2) is 22.8 Å². The fourth-order valence-electron chi connectivity index (χ4n) is 3.84. The third-order valence-corrected chi connectivity index (χ3v) is 4.69. The first kappa shape index (κ1) is 11.5. The van der Waals surface area contributed by atoms with Crippen LogP contribution in [0.3, 0.4) is 0 Å². The van der Waals surface area contributed by atoms with E-state index in [1.54, 1.807) is 0 Å². The number of amides is 2. The number of hydrogen-bond acceptors (Lipinski definition) is 2. The van der Waals surface area contributed by atoms with Gasteiger partial charge in [-0.1, -0.05) is 19.1 Å². The van der Waals surface area contributed by atoms with Crippen molar-refractivity contribution in [2.45, 2.75) is 32.2 Å². The van der Waals surface area contributed by atoms with Crippen LogP contribution < -0.4 is 0 Å². The molecule has 2 aliphatic carbocycles. The molecule has 3 nitrogen and oxygen atoms in total. The summed E-state index contributed by atoms with van der Waals surface area (Å²) in [4.78, 5) is 26.4. The van der Waals surface area contributed by atoms with Crippen LogP contribution in [-0.2, 0) is 9.59 Å². The number of carbonyl (C=O) groups is 2. The zero-order valence-electron chi connectivity index (χ0n) is 10.5. The molecule has 0 spiro atoms. The molecule has 0 radical (unpaired) electrons. The SMILES string of the molecule is C#CCC(CC)N1C(=O)C2C3C=CC(C3)C2C1=O. The molecule has 3 rings (SSSR count). The average molecular weight is 243 g/mol. The number of terminal acetylenes is 1. The molecule has 1 saturated heterocycles. The highest BCUT2D eigenvalue weighted by atomic mass is 16.2. The van der Waals surface area contributed by atoms with Gasteiger partial charge in [0.05, 0.1) is 17.9 Å². The molecule has 0 aromatic heterocycles. The summed E-state index contributed by atoms with van der Waals surface area (Å²) in [6, 6.07) is -0.111. The van der Waals surface area contributed by atoms with Crippen molar-refractivity contribution >= 4 is 11.8 Å². The molecular weight excluding hydrogens is 226 g/mol. The predicted molar refractivity (Wildman–Crippen MR) is 67.1 cm³/mol. The molecule has 18 heavy (non-hydrogen) atoms. The summed E-state index contributed by atoms with van der Waals surface area (Å²) < 4.78 is 0. The van der Waals surface area contributed by atoms with Crippen LogP contribution in [0.4, 0.5) is 0 Å². The van der Waals surface area contributed by atoms with Crippen LogP contribution in [0.1, 0.15) is 26.2 Å². The van der Waals surface area contributed by atoms with Gasteiger partial charge in [-0.15, -0.1) is 12.3 Å². The summed E-state index contributed by atoms with van der Waals surface area (Å²) in [6.45, 7) is 1.98. The van der Waals surface area contributed by atoms with Crippen LogP contribution in [0.25, 0.3) is 0 Å².